The zero-order valence-electron chi connectivity index (χ0n) is 12.5. The van der Waals surface area contributed by atoms with Crippen molar-refractivity contribution < 1.29 is 4.79 Å². The number of aromatic nitrogens is 2. The highest BCUT2D eigenvalue weighted by atomic mass is 16.2. The third kappa shape index (κ3) is 3.46. The summed E-state index contributed by atoms with van der Waals surface area (Å²) in [6.45, 7) is 7.74. The molecule has 0 saturated carbocycles. The number of amides is 1. The number of hydrogen-bond acceptors (Lipinski definition) is 4. The lowest BCUT2D eigenvalue weighted by molar-refractivity contribution is 0.0749. The molecule has 1 aliphatic heterocycles. The van der Waals surface area contributed by atoms with E-state index in [4.69, 9.17) is 0 Å². The van der Waals surface area contributed by atoms with E-state index in [1.54, 1.807) is 12.3 Å². The highest BCUT2D eigenvalue weighted by molar-refractivity contribution is 5.92. The van der Waals surface area contributed by atoms with Crippen molar-refractivity contribution in [2.45, 2.75) is 39.5 Å². The SMILES string of the molecule is CCCN(CCC)C(=O)c1ccnc(N2CCCC2)n1. The molecular formula is C15H24N4O. The molecule has 5 heteroatoms. The van der Waals surface area contributed by atoms with Crippen molar-refractivity contribution in [1.29, 1.82) is 0 Å². The van der Waals surface area contributed by atoms with Crippen molar-refractivity contribution in [2.24, 2.45) is 0 Å². The van der Waals surface area contributed by atoms with E-state index >= 15 is 0 Å². The first-order valence-corrected chi connectivity index (χ1v) is 7.63. The van der Waals surface area contributed by atoms with Gasteiger partial charge in [0, 0.05) is 32.4 Å². The Kier molecular flexibility index (Phi) is 5.32. The Hall–Kier alpha value is -1.65. The van der Waals surface area contributed by atoms with Gasteiger partial charge in [-0.3, -0.25) is 4.79 Å². The van der Waals surface area contributed by atoms with Gasteiger partial charge >= 0.3 is 0 Å². The zero-order chi connectivity index (χ0) is 14.4. The van der Waals surface area contributed by atoms with Crippen LogP contribution in [0.2, 0.25) is 0 Å². The van der Waals surface area contributed by atoms with Crippen LogP contribution in [0.15, 0.2) is 12.3 Å². The first-order valence-electron chi connectivity index (χ1n) is 7.63. The molecule has 0 bridgehead atoms. The lowest BCUT2D eigenvalue weighted by Gasteiger charge is -2.22. The summed E-state index contributed by atoms with van der Waals surface area (Å²) in [4.78, 5) is 25.3. The molecule has 0 spiro atoms. The van der Waals surface area contributed by atoms with Crippen LogP contribution >= 0.6 is 0 Å². The molecule has 0 radical (unpaired) electrons. The summed E-state index contributed by atoms with van der Waals surface area (Å²) in [5.41, 5.74) is 0.517. The third-order valence-electron chi connectivity index (χ3n) is 3.53. The van der Waals surface area contributed by atoms with E-state index < -0.39 is 0 Å². The lowest BCUT2D eigenvalue weighted by Crippen LogP contribution is -2.33. The van der Waals surface area contributed by atoms with Gasteiger partial charge in [0.05, 0.1) is 0 Å². The number of carbonyl (C=O) groups excluding carboxylic acids is 1. The van der Waals surface area contributed by atoms with Gasteiger partial charge in [0.1, 0.15) is 5.69 Å². The van der Waals surface area contributed by atoms with Crippen LogP contribution in [0, 0.1) is 0 Å². The molecule has 20 heavy (non-hydrogen) atoms. The van der Waals surface area contributed by atoms with Crippen LogP contribution in [0.5, 0.6) is 0 Å². The van der Waals surface area contributed by atoms with Crippen molar-refractivity contribution >= 4 is 11.9 Å². The van der Waals surface area contributed by atoms with Crippen molar-refractivity contribution in [3.8, 4) is 0 Å². The van der Waals surface area contributed by atoms with Crippen LogP contribution in [0.25, 0.3) is 0 Å². The number of nitrogens with zero attached hydrogens (tertiary/aromatic N) is 4. The quantitative estimate of drug-likeness (QED) is 0.800. The Morgan fingerprint density at radius 1 is 1.25 bits per heavy atom. The van der Waals surface area contributed by atoms with Crippen LogP contribution in [-0.4, -0.2) is 47.0 Å². The molecule has 1 aromatic heterocycles. The second-order valence-corrected chi connectivity index (χ2v) is 5.23. The molecule has 0 N–H and O–H groups in total. The van der Waals surface area contributed by atoms with Gasteiger partial charge in [0.15, 0.2) is 0 Å². The second-order valence-electron chi connectivity index (χ2n) is 5.23. The molecule has 2 heterocycles. The summed E-state index contributed by atoms with van der Waals surface area (Å²) in [5, 5.41) is 0. The third-order valence-corrected chi connectivity index (χ3v) is 3.53. The molecule has 1 aromatic rings. The normalized spacial score (nSPS) is 14.6. The molecule has 0 aromatic carbocycles. The Bertz CT molecular complexity index is 437. The Labute approximate surface area is 121 Å². The maximum atomic E-state index is 12.5. The minimum Gasteiger partial charge on any atom is -0.341 e. The second kappa shape index (κ2) is 7.22. The van der Waals surface area contributed by atoms with E-state index in [0.29, 0.717) is 11.6 Å². The molecule has 0 atom stereocenters. The fraction of sp³-hybridized carbons (Fsp3) is 0.667. The number of anilines is 1. The van der Waals surface area contributed by atoms with Crippen molar-refractivity contribution in [3.05, 3.63) is 18.0 Å². The zero-order valence-corrected chi connectivity index (χ0v) is 12.5. The average molecular weight is 276 g/mol. The molecule has 0 aliphatic carbocycles. The molecule has 0 unspecified atom stereocenters. The van der Waals surface area contributed by atoms with E-state index in [1.165, 1.54) is 12.8 Å². The van der Waals surface area contributed by atoms with Gasteiger partial charge in [-0.2, -0.15) is 0 Å². The smallest absolute Gasteiger partial charge is 0.272 e. The van der Waals surface area contributed by atoms with Crippen LogP contribution in [0.1, 0.15) is 50.0 Å². The topological polar surface area (TPSA) is 49.3 Å². The molecule has 5 nitrogen and oxygen atoms in total. The Balaban J connectivity index is 2.13. The number of carbonyl (C=O) groups is 1. The first-order chi connectivity index (χ1) is 9.76. The van der Waals surface area contributed by atoms with Crippen LogP contribution in [-0.2, 0) is 0 Å². The van der Waals surface area contributed by atoms with Gasteiger partial charge in [0.25, 0.3) is 5.91 Å². The predicted octanol–water partition coefficient (Wildman–Crippen LogP) is 2.34. The van der Waals surface area contributed by atoms with Crippen LogP contribution in [0.4, 0.5) is 5.95 Å². The van der Waals surface area contributed by atoms with E-state index in [0.717, 1.165) is 39.0 Å². The average Bonchev–Trinajstić information content (AvgIpc) is 3.01. The van der Waals surface area contributed by atoms with E-state index in [9.17, 15) is 4.79 Å². The standard InChI is InChI=1S/C15H24N4O/c1-3-9-18(10-4-2)14(20)13-7-8-16-15(17-13)19-11-5-6-12-19/h7-8H,3-6,9-12H2,1-2H3. The maximum absolute atomic E-state index is 12.5. The van der Waals surface area contributed by atoms with Gasteiger partial charge < -0.3 is 9.80 Å². The fourth-order valence-corrected chi connectivity index (χ4v) is 2.55. The minimum absolute atomic E-state index is 0.0246. The summed E-state index contributed by atoms with van der Waals surface area (Å²) in [7, 11) is 0. The van der Waals surface area contributed by atoms with Gasteiger partial charge in [-0.15, -0.1) is 0 Å². The summed E-state index contributed by atoms with van der Waals surface area (Å²) in [5.74, 6) is 0.720. The monoisotopic (exact) mass is 276 g/mol. The van der Waals surface area contributed by atoms with Crippen molar-refractivity contribution in [2.75, 3.05) is 31.1 Å². The summed E-state index contributed by atoms with van der Waals surface area (Å²) >= 11 is 0. The summed E-state index contributed by atoms with van der Waals surface area (Å²) < 4.78 is 0. The molecular weight excluding hydrogens is 252 g/mol. The molecule has 2 rings (SSSR count). The minimum atomic E-state index is 0.0246. The summed E-state index contributed by atoms with van der Waals surface area (Å²) in [6, 6.07) is 1.72. The highest BCUT2D eigenvalue weighted by Crippen LogP contribution is 2.16. The molecule has 1 aliphatic rings. The van der Waals surface area contributed by atoms with Crippen molar-refractivity contribution in [3.63, 3.8) is 0 Å². The predicted molar refractivity (Wildman–Crippen MR) is 80.0 cm³/mol. The van der Waals surface area contributed by atoms with E-state index in [-0.39, 0.29) is 5.91 Å². The molecule has 1 amide bonds. The van der Waals surface area contributed by atoms with E-state index in [2.05, 4.69) is 28.7 Å². The van der Waals surface area contributed by atoms with Gasteiger partial charge in [-0.25, -0.2) is 9.97 Å². The van der Waals surface area contributed by atoms with Gasteiger partial charge in [-0.05, 0) is 31.7 Å². The van der Waals surface area contributed by atoms with Crippen LogP contribution in [0.3, 0.4) is 0 Å². The maximum Gasteiger partial charge on any atom is 0.272 e. The highest BCUT2D eigenvalue weighted by Gasteiger charge is 2.19. The first kappa shape index (κ1) is 14.8. The molecule has 1 fully saturated rings. The molecule has 110 valence electrons. The lowest BCUT2D eigenvalue weighted by atomic mass is 10.3. The van der Waals surface area contributed by atoms with Crippen molar-refractivity contribution in [1.82, 2.24) is 14.9 Å². The Morgan fingerprint density at radius 2 is 1.90 bits per heavy atom. The largest absolute Gasteiger partial charge is 0.341 e. The van der Waals surface area contributed by atoms with Gasteiger partial charge in [-0.1, -0.05) is 13.8 Å². The number of hydrogen-bond donors (Lipinski definition) is 0. The fourth-order valence-electron chi connectivity index (χ4n) is 2.55. The summed E-state index contributed by atoms with van der Waals surface area (Å²) in [6.07, 6.45) is 5.99. The van der Waals surface area contributed by atoms with E-state index in [1.807, 2.05) is 4.90 Å². The Morgan fingerprint density at radius 3 is 2.50 bits per heavy atom. The van der Waals surface area contributed by atoms with Crippen LogP contribution < -0.4 is 4.90 Å². The molecule has 1 saturated heterocycles. The number of rotatable bonds is 6. The van der Waals surface area contributed by atoms with Gasteiger partial charge in [0.2, 0.25) is 5.95 Å².